The third-order valence-corrected chi connectivity index (χ3v) is 3.45. The average Bonchev–Trinajstić information content (AvgIpc) is 2.53. The summed E-state index contributed by atoms with van der Waals surface area (Å²) in [5, 5.41) is 2.28. The van der Waals surface area contributed by atoms with Crippen molar-refractivity contribution in [3.05, 3.63) is 58.7 Å². The number of amides is 1. The molecule has 0 bridgehead atoms. The van der Waals surface area contributed by atoms with Gasteiger partial charge in [0, 0.05) is 5.56 Å². The van der Waals surface area contributed by atoms with E-state index in [-0.39, 0.29) is 17.5 Å². The lowest BCUT2D eigenvalue weighted by molar-refractivity contribution is -0.143. The van der Waals surface area contributed by atoms with Crippen LogP contribution in [0.25, 0.3) is 0 Å². The minimum atomic E-state index is -5.03. The van der Waals surface area contributed by atoms with Crippen molar-refractivity contribution in [3.8, 4) is 5.75 Å². The molecule has 26 heavy (non-hydrogen) atoms. The Morgan fingerprint density at radius 1 is 0.923 bits per heavy atom. The molecule has 0 saturated carbocycles. The van der Waals surface area contributed by atoms with Crippen LogP contribution in [0.15, 0.2) is 36.4 Å². The molecule has 0 unspecified atom stereocenters. The minimum absolute atomic E-state index is 0.0377. The maximum Gasteiger partial charge on any atom is 0.416 e. The van der Waals surface area contributed by atoms with Gasteiger partial charge in [-0.25, -0.2) is 0 Å². The lowest BCUT2D eigenvalue weighted by atomic mass is 10.0. The van der Waals surface area contributed by atoms with Gasteiger partial charge in [-0.3, -0.25) is 4.79 Å². The van der Waals surface area contributed by atoms with Gasteiger partial charge in [-0.15, -0.1) is 0 Å². The van der Waals surface area contributed by atoms with Crippen molar-refractivity contribution in [2.24, 2.45) is 0 Å². The van der Waals surface area contributed by atoms with Crippen molar-refractivity contribution in [1.82, 2.24) is 0 Å². The first-order valence-corrected chi connectivity index (χ1v) is 7.17. The van der Waals surface area contributed by atoms with Crippen LogP contribution in [0.4, 0.5) is 32.0 Å². The van der Waals surface area contributed by atoms with Gasteiger partial charge in [0.1, 0.15) is 5.75 Å². The predicted octanol–water partition coefficient (Wildman–Crippen LogP) is 5.29. The van der Waals surface area contributed by atoms with E-state index in [1.54, 1.807) is 13.0 Å². The molecule has 0 aliphatic rings. The number of benzene rings is 2. The Hall–Kier alpha value is -2.71. The third kappa shape index (κ3) is 4.47. The summed E-state index contributed by atoms with van der Waals surface area (Å²) < 4.78 is 82.3. The van der Waals surface area contributed by atoms with Crippen LogP contribution in [0.2, 0.25) is 0 Å². The highest BCUT2D eigenvalue weighted by Gasteiger charge is 2.37. The first-order valence-electron chi connectivity index (χ1n) is 7.17. The van der Waals surface area contributed by atoms with E-state index in [0.29, 0.717) is 17.7 Å². The van der Waals surface area contributed by atoms with Crippen molar-refractivity contribution in [2.45, 2.75) is 19.3 Å². The standard InChI is InChI=1S/C17H13F6NO2/c1-9-3-4-14(26-2)13(5-9)24-15(25)10-6-11(16(18,19)20)8-12(7-10)17(21,22)23/h3-8H,1-2H3,(H,24,25). The highest BCUT2D eigenvalue weighted by molar-refractivity contribution is 6.05. The molecule has 1 N–H and O–H groups in total. The zero-order valence-corrected chi connectivity index (χ0v) is 13.5. The molecule has 140 valence electrons. The normalized spacial score (nSPS) is 12.0. The molecule has 0 radical (unpaired) electrons. The largest absolute Gasteiger partial charge is 0.495 e. The van der Waals surface area contributed by atoms with Crippen LogP contribution in [0.5, 0.6) is 5.75 Å². The highest BCUT2D eigenvalue weighted by atomic mass is 19.4. The summed E-state index contributed by atoms with van der Waals surface area (Å²) in [5.74, 6) is -0.905. The van der Waals surface area contributed by atoms with Crippen LogP contribution < -0.4 is 10.1 Å². The second kappa shape index (κ2) is 6.89. The fraction of sp³-hybridized carbons (Fsp3) is 0.235. The molecule has 2 aromatic carbocycles. The first-order chi connectivity index (χ1) is 11.9. The van der Waals surface area contributed by atoms with Crippen LogP contribution in [0, 0.1) is 6.92 Å². The quantitative estimate of drug-likeness (QED) is 0.738. The first kappa shape index (κ1) is 19.6. The van der Waals surface area contributed by atoms with E-state index in [0.717, 1.165) is 0 Å². The number of anilines is 1. The Kier molecular flexibility index (Phi) is 5.20. The van der Waals surface area contributed by atoms with E-state index in [4.69, 9.17) is 4.74 Å². The summed E-state index contributed by atoms with van der Waals surface area (Å²) in [7, 11) is 1.31. The third-order valence-electron chi connectivity index (χ3n) is 3.45. The summed E-state index contributed by atoms with van der Waals surface area (Å²) in [6.07, 6.45) is -10.1. The van der Waals surface area contributed by atoms with Crippen LogP contribution in [0.3, 0.4) is 0 Å². The molecule has 0 aromatic heterocycles. The van der Waals surface area contributed by atoms with Gasteiger partial charge in [0.05, 0.1) is 23.9 Å². The van der Waals surface area contributed by atoms with Gasteiger partial charge in [0.2, 0.25) is 0 Å². The molecule has 2 aromatic rings. The van der Waals surface area contributed by atoms with Crippen molar-refractivity contribution in [2.75, 3.05) is 12.4 Å². The molecule has 3 nitrogen and oxygen atoms in total. The molecule has 0 spiro atoms. The van der Waals surface area contributed by atoms with E-state index in [1.165, 1.54) is 19.2 Å². The SMILES string of the molecule is COc1ccc(C)cc1NC(=O)c1cc(C(F)(F)F)cc(C(F)(F)F)c1. The number of carbonyl (C=O) groups is 1. The molecule has 2 rings (SSSR count). The zero-order valence-electron chi connectivity index (χ0n) is 13.5. The number of nitrogens with one attached hydrogen (secondary N) is 1. The van der Waals surface area contributed by atoms with Crippen LogP contribution >= 0.6 is 0 Å². The van der Waals surface area contributed by atoms with Crippen molar-refractivity contribution < 1.29 is 35.9 Å². The minimum Gasteiger partial charge on any atom is -0.495 e. The molecule has 0 saturated heterocycles. The van der Waals surface area contributed by atoms with E-state index < -0.39 is 35.0 Å². The number of hydrogen-bond donors (Lipinski definition) is 1. The second-order valence-electron chi connectivity index (χ2n) is 5.45. The lowest BCUT2D eigenvalue weighted by Gasteiger charge is -2.15. The summed E-state index contributed by atoms with van der Waals surface area (Å²) in [6.45, 7) is 1.70. The Balaban J connectivity index is 2.47. The molecular weight excluding hydrogens is 364 g/mol. The number of hydrogen-bond acceptors (Lipinski definition) is 2. The highest BCUT2D eigenvalue weighted by Crippen LogP contribution is 2.36. The van der Waals surface area contributed by atoms with Crippen molar-refractivity contribution in [3.63, 3.8) is 0 Å². The lowest BCUT2D eigenvalue weighted by Crippen LogP contribution is -2.17. The smallest absolute Gasteiger partial charge is 0.416 e. The number of ether oxygens (including phenoxy) is 1. The maximum atomic E-state index is 12.9. The van der Waals surface area contributed by atoms with Crippen molar-refractivity contribution >= 4 is 11.6 Å². The molecule has 0 aliphatic carbocycles. The van der Waals surface area contributed by atoms with Gasteiger partial charge in [-0.1, -0.05) is 6.07 Å². The Labute approximate surface area is 144 Å². The number of rotatable bonds is 3. The number of halogens is 6. The Bertz CT molecular complexity index is 795. The van der Waals surface area contributed by atoms with Gasteiger partial charge >= 0.3 is 12.4 Å². The Morgan fingerprint density at radius 2 is 1.46 bits per heavy atom. The Morgan fingerprint density at radius 3 is 1.92 bits per heavy atom. The fourth-order valence-electron chi connectivity index (χ4n) is 2.20. The van der Waals surface area contributed by atoms with Gasteiger partial charge in [0.25, 0.3) is 5.91 Å². The van der Waals surface area contributed by atoms with Crippen LogP contribution in [0.1, 0.15) is 27.0 Å². The number of alkyl halides is 6. The topological polar surface area (TPSA) is 38.3 Å². The average molecular weight is 377 g/mol. The van der Waals surface area contributed by atoms with Crippen molar-refractivity contribution in [1.29, 1.82) is 0 Å². The van der Waals surface area contributed by atoms with Crippen LogP contribution in [-0.4, -0.2) is 13.0 Å². The van der Waals surface area contributed by atoms with Gasteiger partial charge in [0.15, 0.2) is 0 Å². The number of methoxy groups -OCH3 is 1. The zero-order chi connectivity index (χ0) is 19.7. The van der Waals surface area contributed by atoms with E-state index >= 15 is 0 Å². The van der Waals surface area contributed by atoms with Gasteiger partial charge < -0.3 is 10.1 Å². The summed E-state index contributed by atoms with van der Waals surface area (Å²) in [6, 6.07) is 5.36. The van der Waals surface area contributed by atoms with E-state index in [9.17, 15) is 31.1 Å². The number of carbonyl (C=O) groups excluding carboxylic acids is 1. The molecule has 0 aliphatic heterocycles. The molecule has 0 heterocycles. The maximum absolute atomic E-state index is 12.9. The number of aryl methyl sites for hydroxylation is 1. The summed E-state index contributed by atoms with van der Waals surface area (Å²) in [4.78, 5) is 12.3. The molecule has 1 amide bonds. The molecule has 0 atom stereocenters. The molecule has 9 heteroatoms. The summed E-state index contributed by atoms with van der Waals surface area (Å²) in [5.41, 5.74) is -3.05. The molecular formula is C17H13F6NO2. The second-order valence-corrected chi connectivity index (χ2v) is 5.45. The monoisotopic (exact) mass is 377 g/mol. The van der Waals surface area contributed by atoms with E-state index in [1.807, 2.05) is 0 Å². The fourth-order valence-corrected chi connectivity index (χ4v) is 2.20. The van der Waals surface area contributed by atoms with Gasteiger partial charge in [-0.2, -0.15) is 26.3 Å². The molecule has 0 fully saturated rings. The summed E-state index contributed by atoms with van der Waals surface area (Å²) >= 11 is 0. The van der Waals surface area contributed by atoms with Gasteiger partial charge in [-0.05, 0) is 42.8 Å². The van der Waals surface area contributed by atoms with Crippen LogP contribution in [-0.2, 0) is 12.4 Å². The predicted molar refractivity (Wildman–Crippen MR) is 82.1 cm³/mol. The van der Waals surface area contributed by atoms with E-state index in [2.05, 4.69) is 5.32 Å².